The lowest BCUT2D eigenvalue weighted by Crippen LogP contribution is -2.28. The van der Waals surface area contributed by atoms with Gasteiger partial charge in [-0.15, -0.1) is 0 Å². The fraction of sp³-hybridized carbons (Fsp3) is 1.00. The highest BCUT2D eigenvalue weighted by molar-refractivity contribution is 4.66. The fourth-order valence-corrected chi connectivity index (χ4v) is 0.996. The van der Waals surface area contributed by atoms with Gasteiger partial charge in [0.1, 0.15) is 0 Å². The first-order chi connectivity index (χ1) is 5.12. The normalized spacial score (nSPS) is 21.9. The van der Waals surface area contributed by atoms with Crippen LogP contribution in [0.15, 0.2) is 0 Å². The summed E-state index contributed by atoms with van der Waals surface area (Å²) in [6.07, 6.45) is 0.319. The quantitative estimate of drug-likeness (QED) is 0.444. The minimum Gasteiger partial charge on any atom is -0.348 e. The number of nitrogens with zero attached hydrogens (tertiary/aromatic N) is 1. The first-order valence-corrected chi connectivity index (χ1v) is 3.52. The van der Waals surface area contributed by atoms with Crippen LogP contribution in [0.25, 0.3) is 0 Å². The Morgan fingerprint density at radius 2 is 2.09 bits per heavy atom. The van der Waals surface area contributed by atoms with Gasteiger partial charge in [0.15, 0.2) is 5.79 Å². The molecular formula is C6H11NO4. The molecule has 5 nitrogen and oxygen atoms in total. The smallest absolute Gasteiger partial charge is 0.209 e. The monoisotopic (exact) mass is 161 g/mol. The minimum absolute atomic E-state index is 0.101. The van der Waals surface area contributed by atoms with E-state index in [9.17, 15) is 10.1 Å². The van der Waals surface area contributed by atoms with Crippen LogP contribution in [0.4, 0.5) is 0 Å². The molecule has 1 aliphatic rings. The predicted molar refractivity (Wildman–Crippen MR) is 36.8 cm³/mol. The average Bonchev–Trinajstić information content (AvgIpc) is 2.33. The number of nitro groups is 1. The van der Waals surface area contributed by atoms with Gasteiger partial charge in [0, 0.05) is 4.92 Å². The lowest BCUT2D eigenvalue weighted by Gasteiger charge is -2.19. The fourth-order valence-electron chi connectivity index (χ4n) is 0.996. The van der Waals surface area contributed by atoms with E-state index in [0.717, 1.165) is 0 Å². The molecule has 0 amide bonds. The summed E-state index contributed by atoms with van der Waals surface area (Å²) < 4.78 is 10.3. The van der Waals surface area contributed by atoms with Gasteiger partial charge in [-0.1, -0.05) is 0 Å². The van der Waals surface area contributed by atoms with Gasteiger partial charge in [-0.25, -0.2) is 0 Å². The van der Waals surface area contributed by atoms with Crippen LogP contribution in [0.5, 0.6) is 0 Å². The number of hydrogen-bond donors (Lipinski definition) is 0. The van der Waals surface area contributed by atoms with Crippen molar-refractivity contribution in [1.82, 2.24) is 0 Å². The Morgan fingerprint density at radius 3 is 2.55 bits per heavy atom. The molecule has 0 N–H and O–H groups in total. The first kappa shape index (κ1) is 8.42. The lowest BCUT2D eigenvalue weighted by molar-refractivity contribution is -0.486. The molecule has 1 aliphatic heterocycles. The zero-order valence-electron chi connectivity index (χ0n) is 6.41. The third kappa shape index (κ3) is 2.44. The molecular weight excluding hydrogens is 150 g/mol. The first-order valence-electron chi connectivity index (χ1n) is 3.52. The summed E-state index contributed by atoms with van der Waals surface area (Å²) in [5, 5.41) is 9.99. The molecule has 0 aromatic rings. The maximum absolute atomic E-state index is 9.99. The summed E-state index contributed by atoms with van der Waals surface area (Å²) in [6.45, 7) is 2.70. The Balaban J connectivity index is 2.28. The van der Waals surface area contributed by atoms with Gasteiger partial charge < -0.3 is 9.47 Å². The third-order valence-corrected chi connectivity index (χ3v) is 1.65. The van der Waals surface area contributed by atoms with Crippen molar-refractivity contribution in [2.45, 2.75) is 19.1 Å². The van der Waals surface area contributed by atoms with Gasteiger partial charge in [0.05, 0.1) is 19.6 Å². The highest BCUT2D eigenvalue weighted by atomic mass is 16.7. The Labute approximate surface area is 64.4 Å². The molecule has 11 heavy (non-hydrogen) atoms. The summed E-state index contributed by atoms with van der Waals surface area (Å²) in [7, 11) is 0. The maximum atomic E-state index is 9.99. The van der Waals surface area contributed by atoms with E-state index in [1.165, 1.54) is 0 Å². The molecule has 0 atom stereocenters. The maximum Gasteiger partial charge on any atom is 0.209 e. The van der Waals surface area contributed by atoms with E-state index in [1.54, 1.807) is 6.92 Å². The van der Waals surface area contributed by atoms with Gasteiger partial charge in [-0.3, -0.25) is 10.1 Å². The van der Waals surface area contributed by atoms with Crippen LogP contribution in [-0.4, -0.2) is 30.5 Å². The molecule has 1 rings (SSSR count). The second kappa shape index (κ2) is 3.15. The summed E-state index contributed by atoms with van der Waals surface area (Å²) >= 11 is 0. The third-order valence-electron chi connectivity index (χ3n) is 1.65. The van der Waals surface area contributed by atoms with Gasteiger partial charge in [0.2, 0.25) is 6.54 Å². The van der Waals surface area contributed by atoms with Crippen molar-refractivity contribution in [3.8, 4) is 0 Å². The predicted octanol–water partition coefficient (Wildman–Crippen LogP) is 0.416. The van der Waals surface area contributed by atoms with E-state index >= 15 is 0 Å². The van der Waals surface area contributed by atoms with Gasteiger partial charge in [0.25, 0.3) is 0 Å². The zero-order valence-corrected chi connectivity index (χ0v) is 6.41. The van der Waals surface area contributed by atoms with Crippen molar-refractivity contribution < 1.29 is 14.4 Å². The second-order valence-corrected chi connectivity index (χ2v) is 2.64. The van der Waals surface area contributed by atoms with Crippen molar-refractivity contribution in [3.63, 3.8) is 0 Å². The average molecular weight is 161 g/mol. The van der Waals surface area contributed by atoms with Crippen LogP contribution in [-0.2, 0) is 9.47 Å². The Morgan fingerprint density at radius 1 is 1.55 bits per heavy atom. The van der Waals surface area contributed by atoms with E-state index in [4.69, 9.17) is 9.47 Å². The number of rotatable bonds is 3. The Hall–Kier alpha value is -0.680. The Kier molecular flexibility index (Phi) is 2.41. The van der Waals surface area contributed by atoms with E-state index in [2.05, 4.69) is 0 Å². The molecule has 1 saturated heterocycles. The molecule has 64 valence electrons. The largest absolute Gasteiger partial charge is 0.348 e. The molecule has 0 aromatic heterocycles. The van der Waals surface area contributed by atoms with Crippen molar-refractivity contribution in [2.75, 3.05) is 19.8 Å². The van der Waals surface area contributed by atoms with Crippen LogP contribution >= 0.6 is 0 Å². The van der Waals surface area contributed by atoms with Crippen LogP contribution < -0.4 is 0 Å². The topological polar surface area (TPSA) is 61.6 Å². The SMILES string of the molecule is CC1(CC[N+](=O)[O-])OCCO1. The zero-order chi connectivity index (χ0) is 8.32. The van der Waals surface area contributed by atoms with Crippen LogP contribution in [0.3, 0.4) is 0 Å². The molecule has 1 fully saturated rings. The van der Waals surface area contributed by atoms with Crippen LogP contribution in [0.1, 0.15) is 13.3 Å². The molecule has 0 saturated carbocycles. The van der Waals surface area contributed by atoms with Gasteiger partial charge >= 0.3 is 0 Å². The Bertz CT molecular complexity index is 153. The molecule has 0 aromatic carbocycles. The van der Waals surface area contributed by atoms with Crippen molar-refractivity contribution >= 4 is 0 Å². The molecule has 0 aliphatic carbocycles. The molecule has 0 unspecified atom stereocenters. The van der Waals surface area contributed by atoms with Crippen molar-refractivity contribution in [3.05, 3.63) is 10.1 Å². The van der Waals surface area contributed by atoms with E-state index in [1.807, 2.05) is 0 Å². The van der Waals surface area contributed by atoms with E-state index < -0.39 is 5.79 Å². The molecule has 5 heteroatoms. The molecule has 0 radical (unpaired) electrons. The summed E-state index contributed by atoms with van der Waals surface area (Å²) in [4.78, 5) is 9.63. The van der Waals surface area contributed by atoms with Crippen LogP contribution in [0, 0.1) is 10.1 Å². The highest BCUT2D eigenvalue weighted by Gasteiger charge is 2.32. The highest BCUT2D eigenvalue weighted by Crippen LogP contribution is 2.21. The molecule has 0 bridgehead atoms. The summed E-state index contributed by atoms with van der Waals surface area (Å²) in [5.41, 5.74) is 0. The summed E-state index contributed by atoms with van der Waals surface area (Å²) in [5.74, 6) is -0.715. The summed E-state index contributed by atoms with van der Waals surface area (Å²) in [6, 6.07) is 0. The van der Waals surface area contributed by atoms with Gasteiger partial charge in [-0.05, 0) is 6.92 Å². The second-order valence-electron chi connectivity index (χ2n) is 2.64. The number of ether oxygens (including phenoxy) is 2. The minimum atomic E-state index is -0.715. The van der Waals surface area contributed by atoms with E-state index in [0.29, 0.717) is 19.6 Å². The molecule has 1 heterocycles. The lowest BCUT2D eigenvalue weighted by atomic mass is 10.2. The standard InChI is InChI=1S/C6H11NO4/c1-6(2-3-7(8)9)10-4-5-11-6/h2-5H2,1H3. The van der Waals surface area contributed by atoms with Crippen LogP contribution in [0.2, 0.25) is 0 Å². The van der Waals surface area contributed by atoms with E-state index in [-0.39, 0.29) is 11.5 Å². The van der Waals surface area contributed by atoms with Crippen molar-refractivity contribution in [1.29, 1.82) is 0 Å². The van der Waals surface area contributed by atoms with Gasteiger partial charge in [-0.2, -0.15) is 0 Å². The molecule has 0 spiro atoms. The van der Waals surface area contributed by atoms with Crippen molar-refractivity contribution in [2.24, 2.45) is 0 Å². The number of hydrogen-bond acceptors (Lipinski definition) is 4.